The number of hydrogen-bond donors (Lipinski definition) is 1. The van der Waals surface area contributed by atoms with Gasteiger partial charge in [0.1, 0.15) is 5.82 Å². The standard InChI is InChI=1S/C18H19FN2O2/c1-13-3-5-14(6-4-13)11-18(23)21(2)12-17(22)20-16-9-7-15(19)8-10-16/h3-10H,11-12H2,1-2H3,(H,20,22). The van der Waals surface area contributed by atoms with Gasteiger partial charge in [-0.1, -0.05) is 29.8 Å². The Morgan fingerprint density at radius 2 is 1.65 bits per heavy atom. The van der Waals surface area contributed by atoms with Crippen molar-refractivity contribution in [1.29, 1.82) is 0 Å². The van der Waals surface area contributed by atoms with E-state index in [1.165, 1.54) is 29.2 Å². The summed E-state index contributed by atoms with van der Waals surface area (Å²) in [7, 11) is 1.58. The summed E-state index contributed by atoms with van der Waals surface area (Å²) in [5, 5.41) is 2.63. The first-order chi connectivity index (χ1) is 10.9. The second-order valence-electron chi connectivity index (χ2n) is 5.47. The fraction of sp³-hybridized carbons (Fsp3) is 0.222. The summed E-state index contributed by atoms with van der Waals surface area (Å²) < 4.78 is 12.8. The van der Waals surface area contributed by atoms with Crippen LogP contribution in [0.2, 0.25) is 0 Å². The smallest absolute Gasteiger partial charge is 0.243 e. The number of halogens is 1. The Hall–Kier alpha value is -2.69. The summed E-state index contributed by atoms with van der Waals surface area (Å²) in [6.07, 6.45) is 0.251. The number of aryl methyl sites for hydroxylation is 1. The number of carbonyl (C=O) groups excluding carboxylic acids is 2. The Labute approximate surface area is 134 Å². The van der Waals surface area contributed by atoms with Crippen LogP contribution in [0.4, 0.5) is 10.1 Å². The topological polar surface area (TPSA) is 49.4 Å². The highest BCUT2D eigenvalue weighted by Crippen LogP contribution is 2.09. The van der Waals surface area contributed by atoms with Crippen LogP contribution >= 0.6 is 0 Å². The molecule has 0 heterocycles. The van der Waals surface area contributed by atoms with Crippen molar-refractivity contribution >= 4 is 17.5 Å². The number of rotatable bonds is 5. The van der Waals surface area contributed by atoms with Crippen LogP contribution in [-0.4, -0.2) is 30.3 Å². The van der Waals surface area contributed by atoms with Gasteiger partial charge in [-0.3, -0.25) is 9.59 Å². The van der Waals surface area contributed by atoms with Crippen molar-refractivity contribution in [2.45, 2.75) is 13.3 Å². The fourth-order valence-electron chi connectivity index (χ4n) is 2.05. The first kappa shape index (κ1) is 16.7. The molecule has 0 bridgehead atoms. The Balaban J connectivity index is 1.86. The average molecular weight is 314 g/mol. The van der Waals surface area contributed by atoms with Crippen LogP contribution in [0.3, 0.4) is 0 Å². The van der Waals surface area contributed by atoms with E-state index < -0.39 is 0 Å². The van der Waals surface area contributed by atoms with Gasteiger partial charge in [0.2, 0.25) is 11.8 Å². The van der Waals surface area contributed by atoms with Crippen molar-refractivity contribution in [1.82, 2.24) is 4.90 Å². The molecule has 5 heteroatoms. The number of carbonyl (C=O) groups is 2. The van der Waals surface area contributed by atoms with Gasteiger partial charge in [-0.05, 0) is 36.8 Å². The molecule has 4 nitrogen and oxygen atoms in total. The van der Waals surface area contributed by atoms with E-state index in [0.29, 0.717) is 5.69 Å². The van der Waals surface area contributed by atoms with E-state index in [1.54, 1.807) is 7.05 Å². The first-order valence-corrected chi connectivity index (χ1v) is 7.29. The van der Waals surface area contributed by atoms with Gasteiger partial charge >= 0.3 is 0 Å². The fourth-order valence-corrected chi connectivity index (χ4v) is 2.05. The lowest BCUT2D eigenvalue weighted by Gasteiger charge is -2.17. The maximum Gasteiger partial charge on any atom is 0.243 e. The Morgan fingerprint density at radius 1 is 1.04 bits per heavy atom. The predicted molar refractivity (Wildman–Crippen MR) is 87.5 cm³/mol. The van der Waals surface area contributed by atoms with Crippen LogP contribution in [0.1, 0.15) is 11.1 Å². The van der Waals surface area contributed by atoms with E-state index in [4.69, 9.17) is 0 Å². The summed E-state index contributed by atoms with van der Waals surface area (Å²) >= 11 is 0. The third-order valence-electron chi connectivity index (χ3n) is 3.41. The molecule has 0 fully saturated rings. The molecule has 120 valence electrons. The second-order valence-corrected chi connectivity index (χ2v) is 5.47. The molecule has 0 aliphatic heterocycles. The van der Waals surface area contributed by atoms with Gasteiger partial charge in [0, 0.05) is 12.7 Å². The number of anilines is 1. The summed E-state index contributed by atoms with van der Waals surface area (Å²) in [6.45, 7) is 1.93. The highest BCUT2D eigenvalue weighted by atomic mass is 19.1. The number of nitrogens with one attached hydrogen (secondary N) is 1. The molecule has 1 N–H and O–H groups in total. The monoisotopic (exact) mass is 314 g/mol. The molecular formula is C18H19FN2O2. The van der Waals surface area contributed by atoms with Crippen LogP contribution in [0.5, 0.6) is 0 Å². The summed E-state index contributed by atoms with van der Waals surface area (Å²) in [5.74, 6) is -0.826. The van der Waals surface area contributed by atoms with Gasteiger partial charge < -0.3 is 10.2 Å². The van der Waals surface area contributed by atoms with Gasteiger partial charge in [0.25, 0.3) is 0 Å². The Kier molecular flexibility index (Phi) is 5.46. The number of amides is 2. The Bertz CT molecular complexity index is 681. The molecule has 23 heavy (non-hydrogen) atoms. The van der Waals surface area contributed by atoms with Gasteiger partial charge in [-0.2, -0.15) is 0 Å². The molecule has 2 aromatic carbocycles. The van der Waals surface area contributed by atoms with Gasteiger partial charge in [0.05, 0.1) is 13.0 Å². The maximum atomic E-state index is 12.8. The lowest BCUT2D eigenvalue weighted by molar-refractivity contribution is -0.132. The zero-order chi connectivity index (χ0) is 16.8. The Morgan fingerprint density at radius 3 is 2.26 bits per heavy atom. The van der Waals surface area contributed by atoms with Gasteiger partial charge in [0.15, 0.2) is 0 Å². The number of benzene rings is 2. The summed E-state index contributed by atoms with van der Waals surface area (Å²) in [5.41, 5.74) is 2.54. The molecule has 0 aliphatic carbocycles. The highest BCUT2D eigenvalue weighted by Gasteiger charge is 2.13. The SMILES string of the molecule is Cc1ccc(CC(=O)N(C)CC(=O)Nc2ccc(F)cc2)cc1. The molecule has 2 amide bonds. The summed E-state index contributed by atoms with van der Waals surface area (Å²) in [4.78, 5) is 25.4. The van der Waals surface area contributed by atoms with Crippen molar-refractivity contribution in [2.75, 3.05) is 18.9 Å². The molecule has 0 spiro atoms. The zero-order valence-electron chi connectivity index (χ0n) is 13.2. The van der Waals surface area contributed by atoms with Crippen molar-refractivity contribution in [2.24, 2.45) is 0 Å². The lowest BCUT2D eigenvalue weighted by atomic mass is 10.1. The highest BCUT2D eigenvalue weighted by molar-refractivity contribution is 5.94. The van der Waals surface area contributed by atoms with Crippen LogP contribution in [0.25, 0.3) is 0 Å². The van der Waals surface area contributed by atoms with Crippen LogP contribution < -0.4 is 5.32 Å². The molecule has 0 saturated heterocycles. The van der Waals surface area contributed by atoms with Gasteiger partial charge in [-0.25, -0.2) is 4.39 Å². The molecule has 2 aromatic rings. The van der Waals surface area contributed by atoms with E-state index >= 15 is 0 Å². The normalized spacial score (nSPS) is 10.2. The van der Waals surface area contributed by atoms with Crippen molar-refractivity contribution in [3.63, 3.8) is 0 Å². The molecule has 2 rings (SSSR count). The van der Waals surface area contributed by atoms with Crippen molar-refractivity contribution < 1.29 is 14.0 Å². The van der Waals surface area contributed by atoms with Crippen molar-refractivity contribution in [3.05, 3.63) is 65.5 Å². The molecule has 0 aliphatic rings. The van der Waals surface area contributed by atoms with E-state index in [9.17, 15) is 14.0 Å². The summed E-state index contributed by atoms with van der Waals surface area (Å²) in [6, 6.07) is 13.2. The molecule has 0 unspecified atom stereocenters. The van der Waals surface area contributed by atoms with Crippen LogP contribution in [0.15, 0.2) is 48.5 Å². The third-order valence-corrected chi connectivity index (χ3v) is 3.41. The molecule has 0 aromatic heterocycles. The average Bonchev–Trinajstić information content (AvgIpc) is 2.51. The number of hydrogen-bond acceptors (Lipinski definition) is 2. The van der Waals surface area contributed by atoms with E-state index in [-0.39, 0.29) is 30.6 Å². The number of likely N-dealkylation sites (N-methyl/N-ethyl adjacent to an activating group) is 1. The molecule has 0 atom stereocenters. The zero-order valence-corrected chi connectivity index (χ0v) is 13.2. The minimum Gasteiger partial charge on any atom is -0.336 e. The minimum atomic E-state index is -0.367. The van der Waals surface area contributed by atoms with Crippen LogP contribution in [-0.2, 0) is 16.0 Å². The first-order valence-electron chi connectivity index (χ1n) is 7.29. The second kappa shape index (κ2) is 7.54. The quantitative estimate of drug-likeness (QED) is 0.922. The molecule has 0 radical (unpaired) electrons. The van der Waals surface area contributed by atoms with E-state index in [0.717, 1.165) is 11.1 Å². The van der Waals surface area contributed by atoms with E-state index in [1.807, 2.05) is 31.2 Å². The van der Waals surface area contributed by atoms with Gasteiger partial charge in [-0.15, -0.1) is 0 Å². The number of nitrogens with zero attached hydrogens (tertiary/aromatic N) is 1. The molecule has 0 saturated carbocycles. The predicted octanol–water partition coefficient (Wildman–Crippen LogP) is 2.77. The van der Waals surface area contributed by atoms with Crippen molar-refractivity contribution in [3.8, 4) is 0 Å². The largest absolute Gasteiger partial charge is 0.336 e. The maximum absolute atomic E-state index is 12.8. The van der Waals surface area contributed by atoms with Crippen LogP contribution in [0, 0.1) is 12.7 Å². The van der Waals surface area contributed by atoms with E-state index in [2.05, 4.69) is 5.32 Å². The third kappa shape index (κ3) is 5.21. The lowest BCUT2D eigenvalue weighted by Crippen LogP contribution is -2.35. The minimum absolute atomic E-state index is 0.0535. The molecular weight excluding hydrogens is 295 g/mol.